The molecule has 1 amide bonds. The van der Waals surface area contributed by atoms with Gasteiger partial charge in [-0.15, -0.1) is 11.3 Å². The molecule has 0 saturated carbocycles. The van der Waals surface area contributed by atoms with Crippen LogP contribution in [0.5, 0.6) is 5.75 Å². The van der Waals surface area contributed by atoms with Crippen molar-refractivity contribution in [2.75, 3.05) is 11.9 Å². The lowest BCUT2D eigenvalue weighted by Crippen LogP contribution is -2.16. The highest BCUT2D eigenvalue weighted by Gasteiger charge is 2.24. The van der Waals surface area contributed by atoms with Crippen LogP contribution in [0, 0.1) is 0 Å². The standard InChI is InChI=1S/C29H23F2NO4S/c1-2-35-28(34)25-24(21-11-7-4-8-12-21)18-37-27(25)32-26(33)23(20-9-5-3-6-10-20)17-19-13-15-22(16-14-19)36-29(30)31/h3-18,29H,2H2,1H3,(H,32,33)/b23-17+. The van der Waals surface area contributed by atoms with Crippen molar-refractivity contribution in [3.8, 4) is 16.9 Å². The fourth-order valence-electron chi connectivity index (χ4n) is 3.67. The normalized spacial score (nSPS) is 11.3. The third kappa shape index (κ3) is 6.48. The number of rotatable bonds is 9. The topological polar surface area (TPSA) is 64.6 Å². The molecule has 37 heavy (non-hydrogen) atoms. The molecule has 4 rings (SSSR count). The smallest absolute Gasteiger partial charge is 0.387 e. The summed E-state index contributed by atoms with van der Waals surface area (Å²) in [5.74, 6) is -0.951. The first-order valence-electron chi connectivity index (χ1n) is 11.4. The Hall–Kier alpha value is -4.30. The number of halogens is 2. The minimum Gasteiger partial charge on any atom is -0.462 e. The SMILES string of the molecule is CCOC(=O)c1c(-c2ccccc2)csc1NC(=O)/C(=C/c1ccc(OC(F)F)cc1)c1ccccc1. The third-order valence-corrected chi connectivity index (χ3v) is 6.22. The van der Waals surface area contributed by atoms with Gasteiger partial charge in [0.1, 0.15) is 16.3 Å². The molecule has 0 bridgehead atoms. The Balaban J connectivity index is 1.70. The molecular formula is C29H23F2NO4S. The van der Waals surface area contributed by atoms with E-state index in [0.29, 0.717) is 27.3 Å². The second-order valence-corrected chi connectivity index (χ2v) is 8.65. The summed E-state index contributed by atoms with van der Waals surface area (Å²) in [6.07, 6.45) is 1.65. The molecule has 0 atom stereocenters. The van der Waals surface area contributed by atoms with Crippen LogP contribution in [-0.2, 0) is 9.53 Å². The molecule has 1 aromatic heterocycles. The second-order valence-electron chi connectivity index (χ2n) is 7.77. The van der Waals surface area contributed by atoms with Gasteiger partial charge in [0.25, 0.3) is 5.91 Å². The van der Waals surface area contributed by atoms with Gasteiger partial charge in [0.2, 0.25) is 0 Å². The Bertz CT molecular complexity index is 1380. The number of amides is 1. The zero-order chi connectivity index (χ0) is 26.2. The molecule has 3 aromatic carbocycles. The Labute approximate surface area is 217 Å². The lowest BCUT2D eigenvalue weighted by Gasteiger charge is -2.12. The number of esters is 1. The summed E-state index contributed by atoms with van der Waals surface area (Å²) in [6.45, 7) is -1.01. The van der Waals surface area contributed by atoms with Crippen LogP contribution in [0.15, 0.2) is 90.3 Å². The largest absolute Gasteiger partial charge is 0.462 e. The highest BCUT2D eigenvalue weighted by Crippen LogP contribution is 2.37. The molecular weight excluding hydrogens is 496 g/mol. The highest BCUT2D eigenvalue weighted by molar-refractivity contribution is 7.15. The van der Waals surface area contributed by atoms with Crippen molar-refractivity contribution in [2.24, 2.45) is 0 Å². The van der Waals surface area contributed by atoms with Crippen molar-refractivity contribution < 1.29 is 27.8 Å². The Kier molecular flexibility index (Phi) is 8.43. The average Bonchev–Trinajstić information content (AvgIpc) is 3.32. The van der Waals surface area contributed by atoms with E-state index in [4.69, 9.17) is 4.74 Å². The number of carbonyl (C=O) groups excluding carboxylic acids is 2. The van der Waals surface area contributed by atoms with Gasteiger partial charge in [0, 0.05) is 16.5 Å². The van der Waals surface area contributed by atoms with E-state index in [1.165, 1.54) is 23.5 Å². The third-order valence-electron chi connectivity index (χ3n) is 5.33. The number of carbonyl (C=O) groups is 2. The molecule has 0 unspecified atom stereocenters. The van der Waals surface area contributed by atoms with Gasteiger partial charge in [-0.25, -0.2) is 4.79 Å². The molecule has 5 nitrogen and oxygen atoms in total. The van der Waals surface area contributed by atoms with E-state index in [1.807, 2.05) is 41.8 Å². The Morgan fingerprint density at radius 1 is 0.946 bits per heavy atom. The monoisotopic (exact) mass is 519 g/mol. The molecule has 0 aliphatic rings. The number of ether oxygens (including phenoxy) is 2. The molecule has 1 heterocycles. The van der Waals surface area contributed by atoms with Crippen molar-refractivity contribution >= 4 is 39.9 Å². The number of hydrogen-bond acceptors (Lipinski definition) is 5. The molecule has 0 saturated heterocycles. The van der Waals surface area contributed by atoms with E-state index in [-0.39, 0.29) is 17.9 Å². The maximum atomic E-state index is 13.6. The Morgan fingerprint density at radius 3 is 2.22 bits per heavy atom. The fraction of sp³-hybridized carbons (Fsp3) is 0.103. The van der Waals surface area contributed by atoms with Gasteiger partial charge in [0.05, 0.1) is 6.61 Å². The average molecular weight is 520 g/mol. The van der Waals surface area contributed by atoms with Gasteiger partial charge in [-0.3, -0.25) is 4.79 Å². The summed E-state index contributed by atoms with van der Waals surface area (Å²) >= 11 is 1.23. The van der Waals surface area contributed by atoms with Crippen LogP contribution >= 0.6 is 11.3 Å². The molecule has 0 radical (unpaired) electrons. The minimum atomic E-state index is -2.92. The van der Waals surface area contributed by atoms with E-state index >= 15 is 0 Å². The van der Waals surface area contributed by atoms with Crippen LogP contribution in [0.1, 0.15) is 28.4 Å². The van der Waals surface area contributed by atoms with Crippen LogP contribution < -0.4 is 10.1 Å². The van der Waals surface area contributed by atoms with Crippen molar-refractivity contribution in [1.29, 1.82) is 0 Å². The van der Waals surface area contributed by atoms with Gasteiger partial charge < -0.3 is 14.8 Å². The van der Waals surface area contributed by atoms with Crippen LogP contribution in [0.3, 0.4) is 0 Å². The van der Waals surface area contributed by atoms with Crippen LogP contribution in [0.4, 0.5) is 13.8 Å². The second kappa shape index (κ2) is 12.1. The molecule has 1 N–H and O–H groups in total. The number of alkyl halides is 2. The van der Waals surface area contributed by atoms with E-state index in [0.717, 1.165) is 5.56 Å². The first-order chi connectivity index (χ1) is 18.0. The number of anilines is 1. The molecule has 0 aliphatic carbocycles. The molecule has 188 valence electrons. The predicted octanol–water partition coefficient (Wildman–Crippen LogP) is 7.37. The molecule has 0 fully saturated rings. The first kappa shape index (κ1) is 25.8. The van der Waals surface area contributed by atoms with Crippen LogP contribution in [-0.4, -0.2) is 25.1 Å². The molecule has 0 aliphatic heterocycles. The van der Waals surface area contributed by atoms with Crippen molar-refractivity contribution in [3.05, 3.63) is 107 Å². The summed E-state index contributed by atoms with van der Waals surface area (Å²) in [6, 6.07) is 24.4. The van der Waals surface area contributed by atoms with E-state index in [2.05, 4.69) is 10.1 Å². The van der Waals surface area contributed by atoms with E-state index in [1.54, 1.807) is 49.4 Å². The maximum absolute atomic E-state index is 13.6. The highest BCUT2D eigenvalue weighted by atomic mass is 32.1. The van der Waals surface area contributed by atoms with Gasteiger partial charge in [-0.1, -0.05) is 72.8 Å². The van der Waals surface area contributed by atoms with Crippen LogP contribution in [0.2, 0.25) is 0 Å². The van der Waals surface area contributed by atoms with Gasteiger partial charge >= 0.3 is 12.6 Å². The van der Waals surface area contributed by atoms with E-state index < -0.39 is 18.5 Å². The lowest BCUT2D eigenvalue weighted by molar-refractivity contribution is -0.111. The number of nitrogens with one attached hydrogen (secondary N) is 1. The van der Waals surface area contributed by atoms with Crippen LogP contribution in [0.25, 0.3) is 22.8 Å². The number of benzene rings is 3. The Morgan fingerprint density at radius 2 is 1.59 bits per heavy atom. The van der Waals surface area contributed by atoms with Crippen molar-refractivity contribution in [2.45, 2.75) is 13.5 Å². The zero-order valence-electron chi connectivity index (χ0n) is 19.8. The summed E-state index contributed by atoms with van der Waals surface area (Å²) in [4.78, 5) is 26.5. The minimum absolute atomic E-state index is 0.0176. The number of hydrogen-bond donors (Lipinski definition) is 1. The van der Waals surface area contributed by atoms with Gasteiger partial charge in [-0.05, 0) is 41.8 Å². The lowest BCUT2D eigenvalue weighted by atomic mass is 10.0. The summed E-state index contributed by atoms with van der Waals surface area (Å²) in [5, 5.41) is 5.06. The molecule has 0 spiro atoms. The summed E-state index contributed by atoms with van der Waals surface area (Å²) < 4.78 is 34.7. The van der Waals surface area contributed by atoms with Crippen molar-refractivity contribution in [1.82, 2.24) is 0 Å². The zero-order valence-corrected chi connectivity index (χ0v) is 20.6. The van der Waals surface area contributed by atoms with Crippen molar-refractivity contribution in [3.63, 3.8) is 0 Å². The predicted molar refractivity (Wildman–Crippen MR) is 142 cm³/mol. The maximum Gasteiger partial charge on any atom is 0.387 e. The van der Waals surface area contributed by atoms with Gasteiger partial charge in [-0.2, -0.15) is 8.78 Å². The fourth-order valence-corrected chi connectivity index (χ4v) is 4.62. The van der Waals surface area contributed by atoms with E-state index in [9.17, 15) is 18.4 Å². The summed E-state index contributed by atoms with van der Waals surface area (Å²) in [5.41, 5.74) is 3.36. The quantitative estimate of drug-likeness (QED) is 0.142. The van der Waals surface area contributed by atoms with Gasteiger partial charge in [0.15, 0.2) is 0 Å². The first-order valence-corrected chi connectivity index (χ1v) is 12.3. The number of thiophene rings is 1. The molecule has 4 aromatic rings. The summed E-state index contributed by atoms with van der Waals surface area (Å²) in [7, 11) is 0. The molecule has 8 heteroatoms.